The average molecular weight is 536 g/mol. The SMILES string of the molecule is CCOC(=O)C1CCN(C(=O)c2ccc(Cn3ccsc3=NC(=O)c3ccc(Cl)c(Cl)c3)o2)CC1. The van der Waals surface area contributed by atoms with Crippen molar-refractivity contribution < 1.29 is 23.5 Å². The number of hydrogen-bond acceptors (Lipinski definition) is 6. The molecule has 35 heavy (non-hydrogen) atoms. The number of hydrogen-bond donors (Lipinski definition) is 0. The van der Waals surface area contributed by atoms with Gasteiger partial charge in [0.2, 0.25) is 0 Å². The number of furan rings is 1. The van der Waals surface area contributed by atoms with Gasteiger partial charge in [0.1, 0.15) is 5.76 Å². The molecule has 0 bridgehead atoms. The van der Waals surface area contributed by atoms with Crippen LogP contribution < -0.4 is 4.80 Å². The van der Waals surface area contributed by atoms with Gasteiger partial charge in [-0.15, -0.1) is 11.3 Å². The number of likely N-dealkylation sites (tertiary alicyclic amines) is 1. The Balaban J connectivity index is 1.41. The largest absolute Gasteiger partial charge is 0.466 e. The number of amides is 2. The molecular formula is C24H23Cl2N3O5S. The zero-order valence-corrected chi connectivity index (χ0v) is 21.2. The summed E-state index contributed by atoms with van der Waals surface area (Å²) in [6.07, 6.45) is 2.93. The maximum absolute atomic E-state index is 12.9. The summed E-state index contributed by atoms with van der Waals surface area (Å²) in [5.41, 5.74) is 0.331. The molecule has 1 saturated heterocycles. The lowest BCUT2D eigenvalue weighted by Gasteiger charge is -2.30. The molecule has 0 atom stereocenters. The third-order valence-corrected chi connectivity index (χ3v) is 7.16. The second kappa shape index (κ2) is 11.2. The predicted molar refractivity (Wildman–Crippen MR) is 132 cm³/mol. The van der Waals surface area contributed by atoms with Crippen LogP contribution in [0, 0.1) is 5.92 Å². The van der Waals surface area contributed by atoms with Crippen molar-refractivity contribution in [1.29, 1.82) is 0 Å². The van der Waals surface area contributed by atoms with Crippen LogP contribution in [0.2, 0.25) is 10.0 Å². The zero-order chi connectivity index (χ0) is 24.9. The number of ether oxygens (including phenoxy) is 1. The van der Waals surface area contributed by atoms with Crippen LogP contribution in [0.3, 0.4) is 0 Å². The summed E-state index contributed by atoms with van der Waals surface area (Å²) < 4.78 is 12.6. The van der Waals surface area contributed by atoms with Gasteiger partial charge in [-0.3, -0.25) is 14.4 Å². The highest BCUT2D eigenvalue weighted by molar-refractivity contribution is 7.07. The van der Waals surface area contributed by atoms with E-state index in [0.717, 1.165) is 0 Å². The van der Waals surface area contributed by atoms with Gasteiger partial charge in [0.15, 0.2) is 10.6 Å². The van der Waals surface area contributed by atoms with Crippen molar-refractivity contribution in [3.8, 4) is 0 Å². The topological polar surface area (TPSA) is 94.1 Å². The first-order valence-electron chi connectivity index (χ1n) is 11.1. The van der Waals surface area contributed by atoms with Gasteiger partial charge in [0.25, 0.3) is 11.8 Å². The minimum atomic E-state index is -0.443. The van der Waals surface area contributed by atoms with Gasteiger partial charge in [-0.25, -0.2) is 0 Å². The predicted octanol–water partition coefficient (Wildman–Crippen LogP) is 4.65. The lowest BCUT2D eigenvalue weighted by Crippen LogP contribution is -2.40. The summed E-state index contributed by atoms with van der Waals surface area (Å²) in [6, 6.07) is 7.97. The smallest absolute Gasteiger partial charge is 0.309 e. The molecule has 1 aromatic carbocycles. The number of thiazole rings is 1. The molecule has 11 heteroatoms. The van der Waals surface area contributed by atoms with E-state index in [9.17, 15) is 14.4 Å². The standard InChI is InChI=1S/C24H23Cl2N3O5S/c1-2-33-23(32)15-7-9-28(10-8-15)22(31)20-6-4-17(34-20)14-29-11-12-35-24(29)27-21(30)16-3-5-18(25)19(26)13-16/h3-6,11-13,15H,2,7-10,14H2,1H3. The van der Waals surface area contributed by atoms with Crippen LogP contribution in [0.1, 0.15) is 46.4 Å². The van der Waals surface area contributed by atoms with E-state index < -0.39 is 5.91 Å². The van der Waals surface area contributed by atoms with Crippen molar-refractivity contribution in [3.63, 3.8) is 0 Å². The fourth-order valence-corrected chi connectivity index (χ4v) is 4.79. The molecule has 1 aliphatic rings. The van der Waals surface area contributed by atoms with Gasteiger partial charge < -0.3 is 18.6 Å². The number of halogens is 2. The summed E-state index contributed by atoms with van der Waals surface area (Å²) in [5.74, 6) is -0.247. The number of carbonyl (C=O) groups excluding carboxylic acids is 3. The quantitative estimate of drug-likeness (QED) is 0.428. The molecule has 0 aliphatic carbocycles. The van der Waals surface area contributed by atoms with E-state index in [1.54, 1.807) is 46.9 Å². The molecule has 3 heterocycles. The van der Waals surface area contributed by atoms with Crippen LogP contribution in [0.4, 0.5) is 0 Å². The molecule has 0 spiro atoms. The summed E-state index contributed by atoms with van der Waals surface area (Å²) in [5, 5.41) is 2.45. The fraction of sp³-hybridized carbons (Fsp3) is 0.333. The van der Waals surface area contributed by atoms with Gasteiger partial charge in [-0.05, 0) is 50.1 Å². The fourth-order valence-electron chi connectivity index (χ4n) is 3.77. The van der Waals surface area contributed by atoms with Crippen LogP contribution >= 0.6 is 34.5 Å². The van der Waals surface area contributed by atoms with Crippen LogP contribution in [0.5, 0.6) is 0 Å². The number of esters is 1. The normalized spacial score (nSPS) is 14.8. The molecular weight excluding hydrogens is 513 g/mol. The van der Waals surface area contributed by atoms with E-state index in [-0.39, 0.29) is 28.6 Å². The molecule has 0 saturated carbocycles. The molecule has 1 aliphatic heterocycles. The highest BCUT2D eigenvalue weighted by Crippen LogP contribution is 2.23. The molecule has 1 fully saturated rings. The van der Waals surface area contributed by atoms with Crippen LogP contribution in [-0.2, 0) is 16.1 Å². The van der Waals surface area contributed by atoms with E-state index >= 15 is 0 Å². The second-order valence-corrected chi connectivity index (χ2v) is 9.63. The van der Waals surface area contributed by atoms with Crippen LogP contribution in [0.15, 0.2) is 51.3 Å². The summed E-state index contributed by atoms with van der Waals surface area (Å²) in [4.78, 5) is 43.7. The highest BCUT2D eigenvalue weighted by atomic mass is 35.5. The molecule has 8 nitrogen and oxygen atoms in total. The minimum Gasteiger partial charge on any atom is -0.466 e. The van der Waals surface area contributed by atoms with Gasteiger partial charge in [0.05, 0.1) is 29.1 Å². The monoisotopic (exact) mass is 535 g/mol. The Bertz CT molecular complexity index is 1300. The number of benzene rings is 1. The van der Waals surface area contributed by atoms with E-state index in [1.807, 2.05) is 5.38 Å². The highest BCUT2D eigenvalue weighted by Gasteiger charge is 2.29. The molecule has 184 valence electrons. The Morgan fingerprint density at radius 2 is 1.91 bits per heavy atom. The number of nitrogens with zero attached hydrogens (tertiary/aromatic N) is 3. The Kier molecular flexibility index (Phi) is 8.10. The van der Waals surface area contributed by atoms with Crippen molar-refractivity contribution in [3.05, 3.63) is 73.8 Å². The Morgan fingerprint density at radius 3 is 2.63 bits per heavy atom. The van der Waals surface area contributed by atoms with Crippen LogP contribution in [0.25, 0.3) is 0 Å². The van der Waals surface area contributed by atoms with Crippen molar-refractivity contribution in [2.45, 2.75) is 26.3 Å². The van der Waals surface area contributed by atoms with Crippen molar-refractivity contribution in [2.75, 3.05) is 19.7 Å². The first kappa shape index (κ1) is 25.2. The third-order valence-electron chi connectivity index (χ3n) is 5.62. The molecule has 2 amide bonds. The third kappa shape index (κ3) is 6.04. The van der Waals surface area contributed by atoms with Crippen LogP contribution in [-0.4, -0.2) is 46.9 Å². The lowest BCUT2D eigenvalue weighted by atomic mass is 9.97. The second-order valence-electron chi connectivity index (χ2n) is 7.94. The summed E-state index contributed by atoms with van der Waals surface area (Å²) in [7, 11) is 0. The van der Waals surface area contributed by atoms with E-state index in [2.05, 4.69) is 4.99 Å². The molecule has 0 unspecified atom stereocenters. The van der Waals surface area contributed by atoms with Gasteiger partial charge in [0, 0.05) is 30.2 Å². The molecule has 2 aromatic heterocycles. The van der Waals surface area contributed by atoms with Gasteiger partial charge >= 0.3 is 5.97 Å². The maximum atomic E-state index is 12.9. The van der Waals surface area contributed by atoms with E-state index in [0.29, 0.717) is 60.2 Å². The number of carbonyl (C=O) groups is 3. The first-order chi connectivity index (χ1) is 16.9. The Hall–Kier alpha value is -2.88. The van der Waals surface area contributed by atoms with Crippen molar-refractivity contribution in [2.24, 2.45) is 10.9 Å². The maximum Gasteiger partial charge on any atom is 0.309 e. The number of rotatable bonds is 6. The zero-order valence-electron chi connectivity index (χ0n) is 18.9. The Labute approximate surface area is 215 Å². The Morgan fingerprint density at radius 1 is 1.14 bits per heavy atom. The number of aromatic nitrogens is 1. The molecule has 4 rings (SSSR count). The van der Waals surface area contributed by atoms with Gasteiger partial charge in [-0.1, -0.05) is 23.2 Å². The molecule has 0 radical (unpaired) electrons. The van der Waals surface area contributed by atoms with E-state index in [4.69, 9.17) is 32.4 Å². The molecule has 3 aromatic rings. The first-order valence-corrected chi connectivity index (χ1v) is 12.7. The average Bonchev–Trinajstić information content (AvgIpc) is 3.50. The van der Waals surface area contributed by atoms with Crippen molar-refractivity contribution in [1.82, 2.24) is 9.47 Å². The molecule has 0 N–H and O–H groups in total. The van der Waals surface area contributed by atoms with Gasteiger partial charge in [-0.2, -0.15) is 4.99 Å². The minimum absolute atomic E-state index is 0.171. The van der Waals surface area contributed by atoms with Crippen molar-refractivity contribution >= 4 is 52.3 Å². The summed E-state index contributed by atoms with van der Waals surface area (Å²) >= 11 is 13.2. The number of piperidine rings is 1. The van der Waals surface area contributed by atoms with E-state index in [1.165, 1.54) is 17.4 Å². The summed E-state index contributed by atoms with van der Waals surface area (Å²) in [6.45, 7) is 3.38. The lowest BCUT2D eigenvalue weighted by molar-refractivity contribution is -0.149.